The molecule has 0 bridgehead atoms. The van der Waals surface area contributed by atoms with E-state index in [4.69, 9.17) is 33.4 Å². The minimum atomic E-state index is -1.78. The predicted octanol–water partition coefficient (Wildman–Crippen LogP) is 8.65. The number of aliphatic imine (C=N–C) groups is 1. The van der Waals surface area contributed by atoms with Crippen LogP contribution in [0.4, 0.5) is 5.82 Å². The number of hydrogen-bond donors (Lipinski definition) is 4. The van der Waals surface area contributed by atoms with Gasteiger partial charge in [-0.3, -0.25) is 19.7 Å². The number of allylic oxidation sites excluding steroid dienone is 1. The number of carbonyl (C=O) groups is 8. The molecule has 2 saturated carbocycles. The maximum Gasteiger partial charge on any atom is 0.342 e. The molecule has 0 radical (unpaired) electrons. The first kappa shape index (κ1) is 64.5. The van der Waals surface area contributed by atoms with Crippen LogP contribution in [-0.2, 0) is 62.0 Å². The van der Waals surface area contributed by atoms with Gasteiger partial charge in [0.1, 0.15) is 66.4 Å². The molecule has 2 amide bonds. The molecule has 0 spiro atoms. The van der Waals surface area contributed by atoms with E-state index in [0.29, 0.717) is 28.5 Å². The number of aromatic amines is 1. The molecule has 6 atom stereocenters. The zero-order valence-corrected chi connectivity index (χ0v) is 49.1. The van der Waals surface area contributed by atoms with Crippen LogP contribution < -0.4 is 16.0 Å². The summed E-state index contributed by atoms with van der Waals surface area (Å²) >= 11 is 0. The van der Waals surface area contributed by atoms with Crippen LogP contribution >= 0.6 is 0 Å². The monoisotopic (exact) mass is 1150 g/mol. The Kier molecular flexibility index (Phi) is 22.7. The van der Waals surface area contributed by atoms with Gasteiger partial charge in [0.15, 0.2) is 6.73 Å². The lowest BCUT2D eigenvalue weighted by atomic mass is 9.75. The Balaban J connectivity index is 1.59. The van der Waals surface area contributed by atoms with Crippen molar-refractivity contribution in [2.45, 2.75) is 111 Å². The van der Waals surface area contributed by atoms with Crippen LogP contribution in [0.15, 0.2) is 128 Å². The van der Waals surface area contributed by atoms with Crippen molar-refractivity contribution in [1.29, 1.82) is 0 Å². The number of amidine groups is 1. The Morgan fingerprint density at radius 3 is 1.62 bits per heavy atom. The van der Waals surface area contributed by atoms with E-state index in [1.54, 1.807) is 67.6 Å². The van der Waals surface area contributed by atoms with Crippen LogP contribution in [0, 0.1) is 35.5 Å². The number of benzene rings is 2. The summed E-state index contributed by atoms with van der Waals surface area (Å²) in [5, 5.41) is 8.78. The SMILES string of the molecule is C=CC(=O)OCC(COC(=O)C=C)(COC(=O)C=C)NC(C)C(=O)NC1=N/C(=C\c2[nH]c(NC(=O)C(C)N(C=C)COC=O)c(C(=O)OC3C(C)CC(C)CC3C)c2-c2ccccc2)C(c2ccccc2)=C1C(=O)OC1C(C)CC(C)CC1C. The predicted molar refractivity (Wildman–Crippen MR) is 317 cm³/mol. The Labute approximate surface area is 490 Å². The van der Waals surface area contributed by atoms with E-state index in [9.17, 15) is 28.8 Å². The van der Waals surface area contributed by atoms with Gasteiger partial charge in [-0.25, -0.2) is 29.0 Å². The molecule has 2 aromatic carbocycles. The zero-order valence-electron chi connectivity index (χ0n) is 49.1. The third-order valence-corrected chi connectivity index (χ3v) is 15.4. The minimum Gasteiger partial charge on any atom is -0.460 e. The first-order valence-corrected chi connectivity index (χ1v) is 28.1. The maximum atomic E-state index is 15.3. The minimum absolute atomic E-state index is 0.000319. The first-order valence-electron chi connectivity index (χ1n) is 28.1. The summed E-state index contributed by atoms with van der Waals surface area (Å²) in [7, 11) is 0. The van der Waals surface area contributed by atoms with Crippen LogP contribution in [0.1, 0.15) is 103 Å². The van der Waals surface area contributed by atoms with Crippen LogP contribution in [0.3, 0.4) is 0 Å². The molecule has 2 aliphatic carbocycles. The molecular weight excluding hydrogens is 1080 g/mol. The Morgan fingerprint density at radius 1 is 0.679 bits per heavy atom. The molecule has 4 N–H and O–H groups in total. The number of esters is 5. The van der Waals surface area contributed by atoms with E-state index in [2.05, 4.69) is 61.1 Å². The lowest BCUT2D eigenvalue weighted by Crippen LogP contribution is -2.62. The van der Waals surface area contributed by atoms with Gasteiger partial charge in [-0.05, 0) is 98.4 Å². The van der Waals surface area contributed by atoms with Gasteiger partial charge in [0.25, 0.3) is 6.47 Å². The normalized spacial score (nSPS) is 22.4. The largest absolute Gasteiger partial charge is 0.460 e. The summed E-state index contributed by atoms with van der Waals surface area (Å²) in [6.45, 7) is 27.7. The zero-order chi connectivity index (χ0) is 61.4. The average Bonchev–Trinajstić information content (AvgIpc) is 4.03. The molecule has 3 aliphatic rings. The highest BCUT2D eigenvalue weighted by molar-refractivity contribution is 6.32. The van der Waals surface area contributed by atoms with E-state index < -0.39 is 91.3 Å². The van der Waals surface area contributed by atoms with Crippen LogP contribution in [0.2, 0.25) is 0 Å². The second-order valence-corrected chi connectivity index (χ2v) is 22.3. The van der Waals surface area contributed by atoms with Gasteiger partial charge in [0, 0.05) is 29.4 Å². The van der Waals surface area contributed by atoms with E-state index in [0.717, 1.165) is 43.9 Å². The van der Waals surface area contributed by atoms with Gasteiger partial charge in [-0.15, -0.1) is 0 Å². The quantitative estimate of drug-likeness (QED) is 0.0193. The van der Waals surface area contributed by atoms with Crippen molar-refractivity contribution in [3.05, 3.63) is 139 Å². The summed E-state index contributed by atoms with van der Waals surface area (Å²) in [5.74, 6) is -5.18. The molecule has 1 aliphatic heterocycles. The van der Waals surface area contributed by atoms with Gasteiger partial charge >= 0.3 is 29.8 Å². The van der Waals surface area contributed by atoms with Gasteiger partial charge in [0.05, 0.1) is 17.4 Å². The van der Waals surface area contributed by atoms with Gasteiger partial charge < -0.3 is 48.9 Å². The first-order chi connectivity index (χ1) is 40.1. The third-order valence-electron chi connectivity index (χ3n) is 15.4. The van der Waals surface area contributed by atoms with Crippen molar-refractivity contribution in [3.8, 4) is 11.1 Å². The number of nitrogens with zero attached hydrogens (tertiary/aromatic N) is 2. The molecule has 20 nitrogen and oxygen atoms in total. The maximum absolute atomic E-state index is 15.3. The third kappa shape index (κ3) is 16.1. The van der Waals surface area contributed by atoms with E-state index in [1.165, 1.54) is 18.0 Å². The number of ether oxygens (including phenoxy) is 6. The Morgan fingerprint density at radius 2 is 1.15 bits per heavy atom. The molecule has 6 unspecified atom stereocenters. The van der Waals surface area contributed by atoms with E-state index >= 15 is 9.59 Å². The van der Waals surface area contributed by atoms with Crippen LogP contribution in [0.5, 0.6) is 0 Å². The lowest BCUT2D eigenvalue weighted by molar-refractivity contribution is -0.153. The fourth-order valence-corrected chi connectivity index (χ4v) is 11.6. The van der Waals surface area contributed by atoms with E-state index in [1.807, 2.05) is 33.8 Å². The number of nitrogens with one attached hydrogen (secondary N) is 4. The molecule has 2 heterocycles. The summed E-state index contributed by atoms with van der Waals surface area (Å²) in [6, 6.07) is 15.5. The molecule has 448 valence electrons. The topological polar surface area (TPSA) is 259 Å². The van der Waals surface area contributed by atoms with Crippen LogP contribution in [-0.4, -0.2) is 120 Å². The molecule has 1 aromatic heterocycles. The number of hydrogen-bond acceptors (Lipinski definition) is 17. The number of aromatic nitrogens is 1. The molecular formula is C64H78N6O14. The molecule has 0 saturated heterocycles. The Bertz CT molecular complexity index is 2970. The molecule has 2 fully saturated rings. The lowest BCUT2D eigenvalue weighted by Gasteiger charge is -2.37. The smallest absolute Gasteiger partial charge is 0.342 e. The highest BCUT2D eigenvalue weighted by Crippen LogP contribution is 2.43. The van der Waals surface area contributed by atoms with Crippen LogP contribution in [0.25, 0.3) is 22.8 Å². The summed E-state index contributed by atoms with van der Waals surface area (Å²) < 4.78 is 34.2. The Hall–Kier alpha value is -8.65. The number of carbonyl (C=O) groups excluding carboxylic acids is 8. The summed E-state index contributed by atoms with van der Waals surface area (Å²) in [5.41, 5.74) is -0.0432. The van der Waals surface area contributed by atoms with Gasteiger partial charge in [0.2, 0.25) is 11.8 Å². The number of amides is 2. The van der Waals surface area contributed by atoms with Crippen molar-refractivity contribution < 1.29 is 66.8 Å². The molecule has 3 aromatic rings. The van der Waals surface area contributed by atoms with E-state index in [-0.39, 0.29) is 76.6 Å². The van der Waals surface area contributed by atoms with Crippen molar-refractivity contribution in [3.63, 3.8) is 0 Å². The number of H-pyrrole nitrogens is 1. The fourth-order valence-electron chi connectivity index (χ4n) is 11.6. The van der Waals surface area contributed by atoms with Crippen molar-refractivity contribution in [2.75, 3.05) is 31.9 Å². The summed E-state index contributed by atoms with van der Waals surface area (Å²) in [4.78, 5) is 118. The molecule has 84 heavy (non-hydrogen) atoms. The second kappa shape index (κ2) is 29.5. The highest BCUT2D eigenvalue weighted by Gasteiger charge is 2.43. The van der Waals surface area contributed by atoms with Gasteiger partial charge in [-0.1, -0.05) is 129 Å². The van der Waals surface area contributed by atoms with Gasteiger partial charge in [-0.2, -0.15) is 0 Å². The fraction of sp³-hybridized carbons (Fsp3) is 0.422. The molecule has 20 heteroatoms. The van der Waals surface area contributed by atoms with Crippen molar-refractivity contribution in [2.24, 2.45) is 40.5 Å². The molecule has 6 rings (SSSR count). The number of anilines is 1. The van der Waals surface area contributed by atoms with Crippen molar-refractivity contribution in [1.82, 2.24) is 20.5 Å². The number of rotatable bonds is 26. The summed E-state index contributed by atoms with van der Waals surface area (Å²) in [6.07, 6.45) is 7.85. The standard InChI is InChI=1S/C64H78N6O14/c1-13-49(72)80-32-64(33-81-50(73)14-2,34-82-51(74)15-3)69-43(11)60(75)67-58-54(62(77)83-56-39(7)27-37(5)28-40(56)8)52(45-23-19-17-20-24-45)47(65-58)31-48-53(46-25-21-18-22-26-46)55(63(78)84-57-41(9)29-38(6)30-42(57)10)59(66-48)68-61(76)44(12)70(16-4)35-79-36-71/h13-26,31,36-44,56-57,66,69H,1-4,27-30,32-35H2,5-12H3,(H,68,76)(H,65,67,75)/b47-31-. The average molecular weight is 1160 g/mol. The van der Waals surface area contributed by atoms with Crippen molar-refractivity contribution >= 4 is 71.4 Å². The second-order valence-electron chi connectivity index (χ2n) is 22.3. The highest BCUT2D eigenvalue weighted by atomic mass is 16.6.